The third kappa shape index (κ3) is 5.33. The Bertz CT molecular complexity index is 372. The van der Waals surface area contributed by atoms with Crippen molar-refractivity contribution in [3.63, 3.8) is 0 Å². The molecule has 0 atom stereocenters. The Hall–Kier alpha value is -1.51. The largest absolute Gasteiger partial charge is 0.338 e. The van der Waals surface area contributed by atoms with Crippen molar-refractivity contribution < 1.29 is 4.79 Å². The number of carbonyl (C=O) groups excluding carboxylic acids is 1. The van der Waals surface area contributed by atoms with Crippen LogP contribution in [0.15, 0.2) is 30.3 Å². The van der Waals surface area contributed by atoms with Crippen molar-refractivity contribution >= 4 is 11.7 Å². The van der Waals surface area contributed by atoms with E-state index in [1.165, 1.54) is 38.5 Å². The zero-order valence-corrected chi connectivity index (χ0v) is 11.5. The first-order valence-corrected chi connectivity index (χ1v) is 7.44. The van der Waals surface area contributed by atoms with Crippen molar-refractivity contribution in [3.8, 4) is 0 Å². The van der Waals surface area contributed by atoms with Crippen molar-refractivity contribution in [2.45, 2.75) is 44.9 Å². The third-order valence-corrected chi connectivity index (χ3v) is 3.83. The summed E-state index contributed by atoms with van der Waals surface area (Å²) in [5, 5.41) is 5.75. The average molecular weight is 260 g/mol. The minimum absolute atomic E-state index is 0.102. The number of rotatable bonds is 5. The van der Waals surface area contributed by atoms with Gasteiger partial charge >= 0.3 is 6.03 Å². The van der Waals surface area contributed by atoms with Gasteiger partial charge < -0.3 is 10.6 Å². The van der Waals surface area contributed by atoms with E-state index in [-0.39, 0.29) is 6.03 Å². The fourth-order valence-electron chi connectivity index (χ4n) is 2.77. The molecular formula is C16H24N2O. The molecule has 3 nitrogen and oxygen atoms in total. The Labute approximate surface area is 115 Å². The summed E-state index contributed by atoms with van der Waals surface area (Å²) in [6, 6.07) is 9.45. The van der Waals surface area contributed by atoms with Crippen molar-refractivity contribution in [1.82, 2.24) is 5.32 Å². The molecular weight excluding hydrogens is 236 g/mol. The molecule has 2 rings (SSSR count). The smallest absolute Gasteiger partial charge is 0.319 e. The molecule has 0 spiro atoms. The third-order valence-electron chi connectivity index (χ3n) is 3.83. The van der Waals surface area contributed by atoms with Crippen molar-refractivity contribution in [2.24, 2.45) is 5.92 Å². The van der Waals surface area contributed by atoms with Gasteiger partial charge in [0.05, 0.1) is 0 Å². The van der Waals surface area contributed by atoms with E-state index in [0.717, 1.165) is 24.6 Å². The molecule has 0 radical (unpaired) electrons. The second-order valence-electron chi connectivity index (χ2n) is 5.39. The predicted octanol–water partition coefficient (Wildman–Crippen LogP) is 4.17. The van der Waals surface area contributed by atoms with Crippen LogP contribution in [-0.4, -0.2) is 12.6 Å². The molecule has 1 saturated carbocycles. The predicted molar refractivity (Wildman–Crippen MR) is 79.3 cm³/mol. The van der Waals surface area contributed by atoms with Crippen molar-refractivity contribution in [2.75, 3.05) is 11.9 Å². The van der Waals surface area contributed by atoms with Gasteiger partial charge in [-0.15, -0.1) is 0 Å². The molecule has 0 saturated heterocycles. The molecule has 2 N–H and O–H groups in total. The molecule has 1 aromatic carbocycles. The molecule has 2 amide bonds. The second-order valence-corrected chi connectivity index (χ2v) is 5.39. The molecule has 3 heteroatoms. The average Bonchev–Trinajstić information content (AvgIpc) is 2.46. The normalized spacial score (nSPS) is 16.0. The highest BCUT2D eigenvalue weighted by Gasteiger charge is 2.12. The van der Waals surface area contributed by atoms with Crippen LogP contribution in [0.1, 0.15) is 44.9 Å². The van der Waals surface area contributed by atoms with Crippen molar-refractivity contribution in [1.29, 1.82) is 0 Å². The summed E-state index contributed by atoms with van der Waals surface area (Å²) in [5.74, 6) is 0.896. The van der Waals surface area contributed by atoms with Crippen LogP contribution in [0.2, 0.25) is 0 Å². The number of para-hydroxylation sites is 1. The first-order valence-electron chi connectivity index (χ1n) is 7.44. The van der Waals surface area contributed by atoms with Crippen LogP contribution in [0, 0.1) is 5.92 Å². The maximum atomic E-state index is 11.6. The molecule has 1 aliphatic carbocycles. The lowest BCUT2D eigenvalue weighted by Gasteiger charge is -2.21. The number of hydrogen-bond donors (Lipinski definition) is 2. The number of carbonyl (C=O) groups is 1. The maximum absolute atomic E-state index is 11.6. The summed E-state index contributed by atoms with van der Waals surface area (Å²) in [6.07, 6.45) is 9.32. The van der Waals surface area contributed by atoms with Gasteiger partial charge in [0.2, 0.25) is 0 Å². The number of amides is 2. The molecule has 104 valence electrons. The first-order chi connectivity index (χ1) is 9.34. The molecule has 0 aliphatic heterocycles. The lowest BCUT2D eigenvalue weighted by atomic mass is 9.86. The Kier molecular flexibility index (Phi) is 5.73. The number of hydrogen-bond acceptors (Lipinski definition) is 1. The Morgan fingerprint density at radius 2 is 1.84 bits per heavy atom. The lowest BCUT2D eigenvalue weighted by molar-refractivity contribution is 0.251. The van der Waals surface area contributed by atoms with E-state index in [9.17, 15) is 4.79 Å². The standard InChI is InChI=1S/C16H24N2O/c19-16(18-15-11-5-2-6-12-15)17-13-7-10-14-8-3-1-4-9-14/h2,5-6,11-12,14H,1,3-4,7-10,13H2,(H2,17,18,19). The van der Waals surface area contributed by atoms with E-state index >= 15 is 0 Å². The van der Waals surface area contributed by atoms with Gasteiger partial charge in [-0.2, -0.15) is 0 Å². The molecule has 0 heterocycles. The second kappa shape index (κ2) is 7.82. The maximum Gasteiger partial charge on any atom is 0.319 e. The highest BCUT2D eigenvalue weighted by molar-refractivity contribution is 5.89. The monoisotopic (exact) mass is 260 g/mol. The number of nitrogens with one attached hydrogen (secondary N) is 2. The quantitative estimate of drug-likeness (QED) is 0.766. The fourth-order valence-corrected chi connectivity index (χ4v) is 2.77. The van der Waals surface area contributed by atoms with Gasteiger partial charge in [-0.3, -0.25) is 0 Å². The van der Waals surface area contributed by atoms with Crippen LogP contribution in [0.25, 0.3) is 0 Å². The molecule has 19 heavy (non-hydrogen) atoms. The van der Waals surface area contributed by atoms with E-state index in [4.69, 9.17) is 0 Å². The van der Waals surface area contributed by atoms with Gasteiger partial charge in [0.1, 0.15) is 0 Å². The molecule has 1 aromatic rings. The van der Waals surface area contributed by atoms with E-state index in [0.29, 0.717) is 0 Å². The molecule has 1 fully saturated rings. The Balaban J connectivity index is 1.56. The van der Waals surface area contributed by atoms with Crippen LogP contribution < -0.4 is 10.6 Å². The summed E-state index contributed by atoms with van der Waals surface area (Å²) in [4.78, 5) is 11.6. The highest BCUT2D eigenvalue weighted by atomic mass is 16.2. The molecule has 1 aliphatic rings. The molecule has 0 unspecified atom stereocenters. The fraction of sp³-hybridized carbons (Fsp3) is 0.562. The minimum atomic E-state index is -0.102. The summed E-state index contributed by atoms with van der Waals surface area (Å²) in [6.45, 7) is 0.773. The van der Waals surface area contributed by atoms with E-state index < -0.39 is 0 Å². The van der Waals surface area contributed by atoms with E-state index in [1.807, 2.05) is 30.3 Å². The van der Waals surface area contributed by atoms with Gasteiger partial charge in [-0.25, -0.2) is 4.79 Å². The van der Waals surface area contributed by atoms with Gasteiger partial charge in [-0.05, 0) is 30.9 Å². The van der Waals surface area contributed by atoms with Crippen LogP contribution in [-0.2, 0) is 0 Å². The zero-order chi connectivity index (χ0) is 13.3. The number of anilines is 1. The first kappa shape index (κ1) is 13.9. The van der Waals surface area contributed by atoms with Crippen LogP contribution >= 0.6 is 0 Å². The molecule has 0 aromatic heterocycles. The lowest BCUT2D eigenvalue weighted by Crippen LogP contribution is -2.29. The van der Waals surface area contributed by atoms with Gasteiger partial charge in [0, 0.05) is 12.2 Å². The minimum Gasteiger partial charge on any atom is -0.338 e. The number of benzene rings is 1. The summed E-state index contributed by atoms with van der Waals surface area (Å²) < 4.78 is 0. The topological polar surface area (TPSA) is 41.1 Å². The summed E-state index contributed by atoms with van der Waals surface area (Å²) in [5.41, 5.74) is 0.840. The zero-order valence-electron chi connectivity index (χ0n) is 11.5. The van der Waals surface area contributed by atoms with Gasteiger partial charge in [-0.1, -0.05) is 50.3 Å². The SMILES string of the molecule is O=C(NCCCC1CCCCC1)Nc1ccccc1. The number of urea groups is 1. The van der Waals surface area contributed by atoms with Crippen molar-refractivity contribution in [3.05, 3.63) is 30.3 Å². The summed E-state index contributed by atoms with van der Waals surface area (Å²) >= 11 is 0. The van der Waals surface area contributed by atoms with E-state index in [1.54, 1.807) is 0 Å². The summed E-state index contributed by atoms with van der Waals surface area (Å²) in [7, 11) is 0. The van der Waals surface area contributed by atoms with Gasteiger partial charge in [0.25, 0.3) is 0 Å². The van der Waals surface area contributed by atoms with Crippen LogP contribution in [0.4, 0.5) is 10.5 Å². The van der Waals surface area contributed by atoms with Gasteiger partial charge in [0.15, 0.2) is 0 Å². The Morgan fingerprint density at radius 3 is 2.58 bits per heavy atom. The highest BCUT2D eigenvalue weighted by Crippen LogP contribution is 2.26. The van der Waals surface area contributed by atoms with E-state index in [2.05, 4.69) is 10.6 Å². The Morgan fingerprint density at radius 1 is 1.11 bits per heavy atom. The molecule has 0 bridgehead atoms. The van der Waals surface area contributed by atoms with Crippen LogP contribution in [0.5, 0.6) is 0 Å². The van der Waals surface area contributed by atoms with Crippen LogP contribution in [0.3, 0.4) is 0 Å².